The molecule has 0 saturated carbocycles. The molecule has 2 rings (SSSR count). The number of carbonyl (C=O) groups excluding carboxylic acids is 2. The number of methoxy groups -OCH3 is 1. The summed E-state index contributed by atoms with van der Waals surface area (Å²) in [5.41, 5.74) is 0.312. The third-order valence-electron chi connectivity index (χ3n) is 3.14. The Hall–Kier alpha value is -1.60. The van der Waals surface area contributed by atoms with Crippen molar-refractivity contribution in [1.82, 2.24) is 4.90 Å². The molecular formula is C16H16Cl2N2O3S. The van der Waals surface area contributed by atoms with Crippen LogP contribution in [0.25, 0.3) is 0 Å². The number of hydrogen-bond acceptors (Lipinski definition) is 5. The summed E-state index contributed by atoms with van der Waals surface area (Å²) in [5, 5.41) is 5.11. The number of esters is 1. The maximum Gasteiger partial charge on any atom is 0.340 e. The normalized spacial score (nSPS) is 10.7. The van der Waals surface area contributed by atoms with Crippen molar-refractivity contribution in [3.8, 4) is 0 Å². The van der Waals surface area contributed by atoms with Gasteiger partial charge in [0.2, 0.25) is 5.91 Å². The van der Waals surface area contributed by atoms with Gasteiger partial charge in [-0.15, -0.1) is 11.3 Å². The molecular weight excluding hydrogens is 371 g/mol. The zero-order chi connectivity index (χ0) is 17.7. The highest BCUT2D eigenvalue weighted by Crippen LogP contribution is 2.30. The zero-order valence-electron chi connectivity index (χ0n) is 13.1. The fraction of sp³-hybridized carbons (Fsp3) is 0.250. The summed E-state index contributed by atoms with van der Waals surface area (Å²) in [6, 6.07) is 6.83. The number of rotatable bonds is 6. The average molecular weight is 387 g/mol. The van der Waals surface area contributed by atoms with E-state index in [0.29, 0.717) is 6.54 Å². The first-order valence-electron chi connectivity index (χ1n) is 6.99. The minimum atomic E-state index is -0.623. The van der Waals surface area contributed by atoms with E-state index in [-0.39, 0.29) is 33.7 Å². The molecule has 1 aromatic carbocycles. The van der Waals surface area contributed by atoms with Gasteiger partial charge in [-0.2, -0.15) is 0 Å². The molecule has 0 radical (unpaired) electrons. The first-order valence-corrected chi connectivity index (χ1v) is 8.62. The fourth-order valence-electron chi connectivity index (χ4n) is 2.12. The summed E-state index contributed by atoms with van der Waals surface area (Å²) in [7, 11) is 3.08. The second kappa shape index (κ2) is 8.48. The Kier molecular flexibility index (Phi) is 6.62. The van der Waals surface area contributed by atoms with E-state index in [4.69, 9.17) is 27.9 Å². The maximum atomic E-state index is 12.3. The van der Waals surface area contributed by atoms with Gasteiger partial charge in [-0.1, -0.05) is 29.3 Å². The molecule has 0 atom stereocenters. The van der Waals surface area contributed by atoms with E-state index in [0.717, 1.165) is 4.88 Å². The number of nitrogens with one attached hydrogen (secondary N) is 1. The maximum absolute atomic E-state index is 12.3. The standard InChI is InChI=1S/C16H16Cl2N2O3S/c1-20(8-11-4-3-5-24-11)9-14(21)19-15-12(16(22)23-2)6-10(17)7-13(15)18/h3-7H,8-9H2,1-2H3,(H,19,21). The number of amides is 1. The highest BCUT2D eigenvalue weighted by atomic mass is 35.5. The molecule has 0 fully saturated rings. The molecule has 1 amide bonds. The van der Waals surface area contributed by atoms with Crippen LogP contribution in [0.4, 0.5) is 5.69 Å². The number of ether oxygens (including phenoxy) is 1. The lowest BCUT2D eigenvalue weighted by atomic mass is 10.1. The SMILES string of the molecule is COC(=O)c1cc(Cl)cc(Cl)c1NC(=O)CN(C)Cc1cccs1. The molecule has 1 aromatic heterocycles. The number of nitrogens with zero attached hydrogens (tertiary/aromatic N) is 1. The van der Waals surface area contributed by atoms with Crippen LogP contribution < -0.4 is 5.32 Å². The second-order valence-corrected chi connectivity index (χ2v) is 6.98. The van der Waals surface area contributed by atoms with Gasteiger partial charge in [-0.05, 0) is 30.6 Å². The zero-order valence-corrected chi connectivity index (χ0v) is 15.5. The lowest BCUT2D eigenvalue weighted by Crippen LogP contribution is -2.30. The van der Waals surface area contributed by atoms with Crippen LogP contribution in [0.15, 0.2) is 29.6 Å². The van der Waals surface area contributed by atoms with Crippen molar-refractivity contribution >= 4 is 52.1 Å². The summed E-state index contributed by atoms with van der Waals surface area (Å²) >= 11 is 13.6. The Morgan fingerprint density at radius 2 is 2.08 bits per heavy atom. The van der Waals surface area contributed by atoms with Crippen LogP contribution >= 0.6 is 34.5 Å². The van der Waals surface area contributed by atoms with Crippen molar-refractivity contribution in [2.24, 2.45) is 0 Å². The summed E-state index contributed by atoms with van der Waals surface area (Å²) in [5.74, 6) is -0.912. The van der Waals surface area contributed by atoms with E-state index in [2.05, 4.69) is 5.32 Å². The van der Waals surface area contributed by atoms with Crippen molar-refractivity contribution in [3.05, 3.63) is 50.1 Å². The Labute approximate surface area is 154 Å². The van der Waals surface area contributed by atoms with Gasteiger partial charge >= 0.3 is 5.97 Å². The minimum Gasteiger partial charge on any atom is -0.465 e. The van der Waals surface area contributed by atoms with Crippen LogP contribution in [0.1, 0.15) is 15.2 Å². The third-order valence-corrected chi connectivity index (χ3v) is 4.52. The number of hydrogen-bond donors (Lipinski definition) is 1. The van der Waals surface area contributed by atoms with Crippen LogP contribution in [0, 0.1) is 0 Å². The molecule has 24 heavy (non-hydrogen) atoms. The molecule has 128 valence electrons. The largest absolute Gasteiger partial charge is 0.465 e. The van der Waals surface area contributed by atoms with E-state index in [1.807, 2.05) is 29.5 Å². The Morgan fingerprint density at radius 1 is 1.33 bits per heavy atom. The number of halogens is 2. The lowest BCUT2D eigenvalue weighted by molar-refractivity contribution is -0.117. The summed E-state index contributed by atoms with van der Waals surface area (Å²) in [6.45, 7) is 0.806. The van der Waals surface area contributed by atoms with Crippen LogP contribution in [0.5, 0.6) is 0 Å². The predicted octanol–water partition coefficient (Wildman–Crippen LogP) is 3.91. The van der Waals surface area contributed by atoms with Gasteiger partial charge in [0.15, 0.2) is 0 Å². The molecule has 2 aromatic rings. The highest BCUT2D eigenvalue weighted by molar-refractivity contribution is 7.09. The van der Waals surface area contributed by atoms with Crippen molar-refractivity contribution < 1.29 is 14.3 Å². The monoisotopic (exact) mass is 386 g/mol. The van der Waals surface area contributed by atoms with Crippen LogP contribution in [0.2, 0.25) is 10.0 Å². The van der Waals surface area contributed by atoms with Crippen molar-refractivity contribution in [1.29, 1.82) is 0 Å². The average Bonchev–Trinajstić information content (AvgIpc) is 3.01. The summed E-state index contributed by atoms with van der Waals surface area (Å²) in [6.07, 6.45) is 0. The highest BCUT2D eigenvalue weighted by Gasteiger charge is 2.19. The molecule has 5 nitrogen and oxygen atoms in total. The molecule has 0 aliphatic rings. The first kappa shape index (κ1) is 18.7. The molecule has 0 saturated heterocycles. The number of thiophene rings is 1. The predicted molar refractivity (Wildman–Crippen MR) is 97.1 cm³/mol. The molecule has 0 bridgehead atoms. The van der Waals surface area contributed by atoms with Crippen molar-refractivity contribution in [2.75, 3.05) is 26.0 Å². The fourth-order valence-corrected chi connectivity index (χ4v) is 3.44. The van der Waals surface area contributed by atoms with Gasteiger partial charge in [0, 0.05) is 16.4 Å². The van der Waals surface area contributed by atoms with Gasteiger partial charge in [0.25, 0.3) is 0 Å². The van der Waals surface area contributed by atoms with Crippen LogP contribution in [-0.4, -0.2) is 37.5 Å². The van der Waals surface area contributed by atoms with Crippen LogP contribution in [-0.2, 0) is 16.1 Å². The lowest BCUT2D eigenvalue weighted by Gasteiger charge is -2.17. The molecule has 1 heterocycles. The first-order chi connectivity index (χ1) is 11.4. The van der Waals surface area contributed by atoms with E-state index in [9.17, 15) is 9.59 Å². The van der Waals surface area contributed by atoms with Gasteiger partial charge in [0.1, 0.15) is 0 Å². The van der Waals surface area contributed by atoms with E-state index in [1.165, 1.54) is 19.2 Å². The smallest absolute Gasteiger partial charge is 0.340 e. The molecule has 0 unspecified atom stereocenters. The Morgan fingerprint density at radius 3 is 2.71 bits per heavy atom. The quantitative estimate of drug-likeness (QED) is 0.764. The van der Waals surface area contributed by atoms with Crippen molar-refractivity contribution in [2.45, 2.75) is 6.54 Å². The Balaban J connectivity index is 2.09. The number of benzene rings is 1. The number of anilines is 1. The van der Waals surface area contributed by atoms with E-state index < -0.39 is 5.97 Å². The third kappa shape index (κ3) is 4.95. The van der Waals surface area contributed by atoms with Gasteiger partial charge in [-0.25, -0.2) is 4.79 Å². The van der Waals surface area contributed by atoms with Gasteiger partial charge in [-0.3, -0.25) is 9.69 Å². The number of carbonyl (C=O) groups is 2. The summed E-state index contributed by atoms with van der Waals surface area (Å²) < 4.78 is 4.70. The minimum absolute atomic E-state index is 0.115. The van der Waals surface area contributed by atoms with Crippen LogP contribution in [0.3, 0.4) is 0 Å². The van der Waals surface area contributed by atoms with Crippen molar-refractivity contribution in [3.63, 3.8) is 0 Å². The molecule has 1 N–H and O–H groups in total. The van der Waals surface area contributed by atoms with Gasteiger partial charge in [0.05, 0.1) is 29.9 Å². The molecule has 0 aliphatic heterocycles. The number of likely N-dealkylation sites (N-methyl/N-ethyl adjacent to an activating group) is 1. The Bertz CT molecular complexity index is 735. The van der Waals surface area contributed by atoms with E-state index in [1.54, 1.807) is 11.3 Å². The molecule has 8 heteroatoms. The van der Waals surface area contributed by atoms with E-state index >= 15 is 0 Å². The molecule has 0 spiro atoms. The van der Waals surface area contributed by atoms with Gasteiger partial charge < -0.3 is 10.1 Å². The molecule has 0 aliphatic carbocycles. The topological polar surface area (TPSA) is 58.6 Å². The summed E-state index contributed by atoms with van der Waals surface area (Å²) in [4.78, 5) is 27.1. The second-order valence-electron chi connectivity index (χ2n) is 5.10.